The summed E-state index contributed by atoms with van der Waals surface area (Å²) in [5, 5.41) is 0. The van der Waals surface area contributed by atoms with Gasteiger partial charge in [0.25, 0.3) is 0 Å². The topological polar surface area (TPSA) is 43.4 Å². The smallest absolute Gasteiger partial charge is 0.147 e. The summed E-state index contributed by atoms with van der Waals surface area (Å²) in [6.07, 6.45) is 6.73. The quantitative estimate of drug-likeness (QED) is 0.560. The van der Waals surface area contributed by atoms with Gasteiger partial charge in [0.1, 0.15) is 9.84 Å². The molecule has 0 aliphatic heterocycles. The summed E-state index contributed by atoms with van der Waals surface area (Å²) in [4.78, 5) is 0. The Morgan fingerprint density at radius 3 is 2.38 bits per heavy atom. The first-order valence-electron chi connectivity index (χ1n) is 6.25. The SMILES string of the molecule is CCCCC(CC)COCCCS(C)(=O)=O. The van der Waals surface area contributed by atoms with Crippen LogP contribution in [0.4, 0.5) is 0 Å². The molecular weight excluding hydrogens is 224 g/mol. The van der Waals surface area contributed by atoms with E-state index >= 15 is 0 Å². The fraction of sp³-hybridized carbons (Fsp3) is 1.00. The van der Waals surface area contributed by atoms with Gasteiger partial charge in [-0.05, 0) is 18.8 Å². The molecule has 98 valence electrons. The summed E-state index contributed by atoms with van der Waals surface area (Å²) in [7, 11) is -2.82. The molecule has 3 nitrogen and oxygen atoms in total. The Morgan fingerprint density at radius 1 is 1.19 bits per heavy atom. The summed E-state index contributed by atoms with van der Waals surface area (Å²) < 4.78 is 27.3. The van der Waals surface area contributed by atoms with Crippen molar-refractivity contribution < 1.29 is 13.2 Å². The van der Waals surface area contributed by atoms with Crippen LogP contribution in [0.5, 0.6) is 0 Å². The fourth-order valence-electron chi connectivity index (χ4n) is 1.57. The minimum absolute atomic E-state index is 0.235. The van der Waals surface area contributed by atoms with Crippen LogP contribution in [0.15, 0.2) is 0 Å². The number of hydrogen-bond acceptors (Lipinski definition) is 3. The molecule has 0 aromatic heterocycles. The second kappa shape index (κ2) is 8.99. The van der Waals surface area contributed by atoms with E-state index in [1.165, 1.54) is 25.5 Å². The van der Waals surface area contributed by atoms with Crippen molar-refractivity contribution in [1.82, 2.24) is 0 Å². The van der Waals surface area contributed by atoms with Crippen LogP contribution in [-0.4, -0.2) is 33.6 Å². The summed E-state index contributed by atoms with van der Waals surface area (Å²) >= 11 is 0. The lowest BCUT2D eigenvalue weighted by Crippen LogP contribution is -2.12. The molecule has 0 saturated heterocycles. The van der Waals surface area contributed by atoms with Crippen LogP contribution in [0.1, 0.15) is 46.0 Å². The van der Waals surface area contributed by atoms with Crippen molar-refractivity contribution in [2.24, 2.45) is 5.92 Å². The molecule has 0 aromatic rings. The minimum Gasteiger partial charge on any atom is -0.381 e. The Hall–Kier alpha value is -0.0900. The summed E-state index contributed by atoms with van der Waals surface area (Å²) in [5.41, 5.74) is 0. The summed E-state index contributed by atoms with van der Waals surface area (Å²) in [6, 6.07) is 0. The van der Waals surface area contributed by atoms with Gasteiger partial charge in [0.2, 0.25) is 0 Å². The zero-order valence-corrected chi connectivity index (χ0v) is 11.7. The monoisotopic (exact) mass is 250 g/mol. The molecule has 1 atom stereocenters. The molecule has 0 bridgehead atoms. The Labute approximate surface area is 100 Å². The first kappa shape index (κ1) is 15.9. The van der Waals surface area contributed by atoms with Gasteiger partial charge >= 0.3 is 0 Å². The third-order valence-corrected chi connectivity index (χ3v) is 3.73. The molecule has 0 spiro atoms. The predicted molar refractivity (Wildman–Crippen MR) is 68.5 cm³/mol. The Bertz CT molecular complexity index is 247. The highest BCUT2D eigenvalue weighted by Gasteiger charge is 2.06. The normalized spacial score (nSPS) is 13.9. The lowest BCUT2D eigenvalue weighted by molar-refractivity contribution is 0.0948. The number of unbranched alkanes of at least 4 members (excludes halogenated alkanes) is 1. The van der Waals surface area contributed by atoms with E-state index in [4.69, 9.17) is 4.74 Å². The molecule has 0 aromatic carbocycles. The van der Waals surface area contributed by atoms with Gasteiger partial charge in [0.05, 0.1) is 5.75 Å². The maximum Gasteiger partial charge on any atom is 0.147 e. The highest BCUT2D eigenvalue weighted by molar-refractivity contribution is 7.90. The van der Waals surface area contributed by atoms with E-state index < -0.39 is 9.84 Å². The predicted octanol–water partition coefficient (Wildman–Crippen LogP) is 2.65. The van der Waals surface area contributed by atoms with E-state index in [2.05, 4.69) is 13.8 Å². The maximum absolute atomic E-state index is 10.9. The lowest BCUT2D eigenvalue weighted by Gasteiger charge is -2.14. The number of sulfone groups is 1. The molecular formula is C12H26O3S. The number of ether oxygens (including phenoxy) is 1. The van der Waals surface area contributed by atoms with Crippen LogP contribution in [0, 0.1) is 5.92 Å². The molecule has 0 heterocycles. The average molecular weight is 250 g/mol. The van der Waals surface area contributed by atoms with Crippen LogP contribution in [0.3, 0.4) is 0 Å². The highest BCUT2D eigenvalue weighted by atomic mass is 32.2. The van der Waals surface area contributed by atoms with Crippen molar-refractivity contribution >= 4 is 9.84 Å². The lowest BCUT2D eigenvalue weighted by atomic mass is 10.0. The van der Waals surface area contributed by atoms with E-state index in [-0.39, 0.29) is 5.75 Å². The molecule has 0 aliphatic carbocycles. The number of rotatable bonds is 10. The Morgan fingerprint density at radius 2 is 1.88 bits per heavy atom. The number of hydrogen-bond donors (Lipinski definition) is 0. The molecule has 0 radical (unpaired) electrons. The van der Waals surface area contributed by atoms with Gasteiger partial charge in [-0.2, -0.15) is 0 Å². The van der Waals surface area contributed by atoms with E-state index in [1.54, 1.807) is 0 Å². The van der Waals surface area contributed by atoms with Crippen LogP contribution in [0.2, 0.25) is 0 Å². The Kier molecular flexibility index (Phi) is 8.94. The maximum atomic E-state index is 10.9. The molecule has 0 fully saturated rings. The van der Waals surface area contributed by atoms with Crippen molar-refractivity contribution in [3.63, 3.8) is 0 Å². The Balaban J connectivity index is 3.48. The van der Waals surface area contributed by atoms with Gasteiger partial charge in [0.15, 0.2) is 0 Å². The summed E-state index contributed by atoms with van der Waals surface area (Å²) in [6.45, 7) is 5.72. The second-order valence-electron chi connectivity index (χ2n) is 4.47. The first-order valence-corrected chi connectivity index (χ1v) is 8.31. The standard InChI is InChI=1S/C12H26O3S/c1-4-6-8-12(5-2)11-15-9-7-10-16(3,13)14/h12H,4-11H2,1-3H3. The van der Waals surface area contributed by atoms with Gasteiger partial charge in [-0.15, -0.1) is 0 Å². The third-order valence-electron chi connectivity index (χ3n) is 2.70. The van der Waals surface area contributed by atoms with Crippen molar-refractivity contribution in [3.8, 4) is 0 Å². The van der Waals surface area contributed by atoms with Crippen molar-refractivity contribution in [3.05, 3.63) is 0 Å². The molecule has 1 unspecified atom stereocenters. The van der Waals surface area contributed by atoms with Gasteiger partial charge in [-0.25, -0.2) is 8.42 Å². The van der Waals surface area contributed by atoms with E-state index in [9.17, 15) is 8.42 Å². The van der Waals surface area contributed by atoms with Crippen LogP contribution >= 0.6 is 0 Å². The fourth-order valence-corrected chi connectivity index (χ4v) is 2.21. The van der Waals surface area contributed by atoms with Crippen molar-refractivity contribution in [1.29, 1.82) is 0 Å². The first-order chi connectivity index (χ1) is 7.49. The molecule has 16 heavy (non-hydrogen) atoms. The van der Waals surface area contributed by atoms with Crippen molar-refractivity contribution in [2.75, 3.05) is 25.2 Å². The largest absolute Gasteiger partial charge is 0.381 e. The van der Waals surface area contributed by atoms with E-state index in [0.29, 0.717) is 18.9 Å². The zero-order chi connectivity index (χ0) is 12.4. The molecule has 0 saturated carbocycles. The van der Waals surface area contributed by atoms with Crippen LogP contribution in [-0.2, 0) is 14.6 Å². The van der Waals surface area contributed by atoms with Crippen LogP contribution < -0.4 is 0 Å². The van der Waals surface area contributed by atoms with Gasteiger partial charge in [0, 0.05) is 19.5 Å². The molecule has 0 rings (SSSR count). The van der Waals surface area contributed by atoms with Crippen LogP contribution in [0.25, 0.3) is 0 Å². The minimum atomic E-state index is -2.82. The van der Waals surface area contributed by atoms with E-state index in [1.807, 2.05) is 0 Å². The third kappa shape index (κ3) is 10.4. The van der Waals surface area contributed by atoms with Gasteiger partial charge in [-0.1, -0.05) is 33.1 Å². The second-order valence-corrected chi connectivity index (χ2v) is 6.73. The molecule has 0 N–H and O–H groups in total. The molecule has 0 amide bonds. The van der Waals surface area contributed by atoms with E-state index in [0.717, 1.165) is 13.0 Å². The summed E-state index contributed by atoms with van der Waals surface area (Å²) in [5.74, 6) is 0.872. The van der Waals surface area contributed by atoms with Gasteiger partial charge in [-0.3, -0.25) is 0 Å². The molecule has 4 heteroatoms. The van der Waals surface area contributed by atoms with Crippen molar-refractivity contribution in [2.45, 2.75) is 46.0 Å². The molecule has 0 aliphatic rings. The highest BCUT2D eigenvalue weighted by Crippen LogP contribution is 2.12. The van der Waals surface area contributed by atoms with Gasteiger partial charge < -0.3 is 4.74 Å². The zero-order valence-electron chi connectivity index (χ0n) is 10.9. The average Bonchev–Trinajstić information content (AvgIpc) is 2.20.